The van der Waals surface area contributed by atoms with E-state index < -0.39 is 0 Å². The summed E-state index contributed by atoms with van der Waals surface area (Å²) in [5, 5.41) is 5.19. The topological polar surface area (TPSA) is 12.0 Å². The van der Waals surface area contributed by atoms with E-state index >= 15 is 0 Å². The van der Waals surface area contributed by atoms with Crippen molar-refractivity contribution in [3.05, 3.63) is 62.0 Å². The van der Waals surface area contributed by atoms with Crippen molar-refractivity contribution in [3.8, 4) is 0 Å². The number of hydrogen-bond acceptors (Lipinski definition) is 1. The number of aryl methyl sites for hydroxylation is 1. The van der Waals surface area contributed by atoms with Gasteiger partial charge in [0, 0.05) is 14.5 Å². The summed E-state index contributed by atoms with van der Waals surface area (Å²) >= 11 is 15.9. The molecule has 1 aliphatic carbocycles. The number of rotatable bonds is 4. The SMILES string of the molecule is Cc1cc(Br)c(NC(c2ccc(Cl)cc2)C2CC2)cc1Cl. The Bertz CT molecular complexity index is 651. The van der Waals surface area contributed by atoms with Crippen LogP contribution in [0, 0.1) is 12.8 Å². The molecule has 1 nitrogen and oxygen atoms in total. The number of benzene rings is 2. The molecule has 2 aromatic carbocycles. The summed E-state index contributed by atoms with van der Waals surface area (Å²) < 4.78 is 1.05. The van der Waals surface area contributed by atoms with Gasteiger partial charge < -0.3 is 5.32 Å². The van der Waals surface area contributed by atoms with Gasteiger partial charge in [0.15, 0.2) is 0 Å². The number of nitrogens with one attached hydrogen (secondary N) is 1. The largest absolute Gasteiger partial charge is 0.377 e. The summed E-state index contributed by atoms with van der Waals surface area (Å²) in [5.41, 5.74) is 3.38. The van der Waals surface area contributed by atoms with Crippen molar-refractivity contribution in [1.29, 1.82) is 0 Å². The molecule has 0 aliphatic heterocycles. The quantitative estimate of drug-likeness (QED) is 0.623. The molecule has 0 heterocycles. The van der Waals surface area contributed by atoms with Gasteiger partial charge in [0.2, 0.25) is 0 Å². The van der Waals surface area contributed by atoms with Crippen molar-refractivity contribution < 1.29 is 0 Å². The number of halogens is 3. The molecule has 0 radical (unpaired) electrons. The standard InChI is InChI=1S/C17H16BrCl2N/c1-10-8-14(18)16(9-15(10)20)21-17(11-2-3-11)12-4-6-13(19)7-5-12/h4-9,11,17,21H,2-3H2,1H3. The van der Waals surface area contributed by atoms with Gasteiger partial charge >= 0.3 is 0 Å². The van der Waals surface area contributed by atoms with E-state index in [1.54, 1.807) is 0 Å². The second-order valence-electron chi connectivity index (χ2n) is 5.59. The highest BCUT2D eigenvalue weighted by Gasteiger charge is 2.32. The summed E-state index contributed by atoms with van der Waals surface area (Å²) in [6.45, 7) is 2.01. The first-order valence-corrected chi connectivity index (χ1v) is 8.57. The van der Waals surface area contributed by atoms with E-state index in [4.69, 9.17) is 23.2 Å². The maximum atomic E-state index is 6.25. The molecule has 0 amide bonds. The van der Waals surface area contributed by atoms with Crippen LogP contribution in [0.2, 0.25) is 10.0 Å². The summed E-state index contributed by atoms with van der Waals surface area (Å²) in [5.74, 6) is 0.679. The molecule has 3 rings (SSSR count). The number of hydrogen-bond donors (Lipinski definition) is 1. The fourth-order valence-corrected chi connectivity index (χ4v) is 3.36. The van der Waals surface area contributed by atoms with Gasteiger partial charge in [0.05, 0.1) is 11.7 Å². The van der Waals surface area contributed by atoms with E-state index in [0.29, 0.717) is 12.0 Å². The molecule has 1 fully saturated rings. The van der Waals surface area contributed by atoms with Crippen LogP contribution in [0.25, 0.3) is 0 Å². The second kappa shape index (κ2) is 6.20. The van der Waals surface area contributed by atoms with Gasteiger partial charge in [0.25, 0.3) is 0 Å². The van der Waals surface area contributed by atoms with Crippen molar-refractivity contribution >= 4 is 44.8 Å². The molecule has 0 aromatic heterocycles. The zero-order valence-electron chi connectivity index (χ0n) is 11.7. The first-order valence-electron chi connectivity index (χ1n) is 7.02. The van der Waals surface area contributed by atoms with E-state index in [-0.39, 0.29) is 0 Å². The van der Waals surface area contributed by atoms with Crippen LogP contribution in [-0.2, 0) is 0 Å². The van der Waals surface area contributed by atoms with E-state index in [1.807, 2.05) is 25.1 Å². The Morgan fingerprint density at radius 2 is 1.81 bits per heavy atom. The Balaban J connectivity index is 1.89. The van der Waals surface area contributed by atoms with Crippen molar-refractivity contribution in [2.24, 2.45) is 5.92 Å². The normalized spacial score (nSPS) is 15.8. The summed E-state index contributed by atoms with van der Waals surface area (Å²) in [4.78, 5) is 0. The lowest BCUT2D eigenvalue weighted by Crippen LogP contribution is -2.13. The molecule has 110 valence electrons. The first kappa shape index (κ1) is 15.2. The van der Waals surface area contributed by atoms with E-state index in [2.05, 4.69) is 39.4 Å². The monoisotopic (exact) mass is 383 g/mol. The van der Waals surface area contributed by atoms with Crippen LogP contribution in [0.5, 0.6) is 0 Å². The van der Waals surface area contributed by atoms with Crippen molar-refractivity contribution in [2.75, 3.05) is 5.32 Å². The van der Waals surface area contributed by atoms with E-state index in [0.717, 1.165) is 25.8 Å². The molecule has 1 unspecified atom stereocenters. The van der Waals surface area contributed by atoms with Crippen LogP contribution < -0.4 is 5.32 Å². The molecular formula is C17H16BrCl2N. The zero-order chi connectivity index (χ0) is 15.0. The molecular weight excluding hydrogens is 369 g/mol. The first-order chi connectivity index (χ1) is 10.0. The maximum absolute atomic E-state index is 6.25. The molecule has 1 saturated carbocycles. The molecule has 21 heavy (non-hydrogen) atoms. The lowest BCUT2D eigenvalue weighted by atomic mass is 10.0. The van der Waals surface area contributed by atoms with Crippen LogP contribution in [0.1, 0.15) is 30.0 Å². The Hall–Kier alpha value is -0.700. The van der Waals surface area contributed by atoms with Gasteiger partial charge in [0.1, 0.15) is 0 Å². The highest BCUT2D eigenvalue weighted by Crippen LogP contribution is 2.44. The predicted molar refractivity (Wildman–Crippen MR) is 94.4 cm³/mol. The third kappa shape index (κ3) is 3.56. The molecule has 0 saturated heterocycles. The van der Waals surface area contributed by atoms with Crippen molar-refractivity contribution in [3.63, 3.8) is 0 Å². The molecule has 4 heteroatoms. The molecule has 1 atom stereocenters. The Morgan fingerprint density at radius 3 is 2.43 bits per heavy atom. The smallest absolute Gasteiger partial charge is 0.0542 e. The maximum Gasteiger partial charge on any atom is 0.0542 e. The van der Waals surface area contributed by atoms with Crippen LogP contribution in [0.4, 0.5) is 5.69 Å². The summed E-state index contributed by atoms with van der Waals surface area (Å²) in [7, 11) is 0. The molecule has 0 spiro atoms. The van der Waals surface area contributed by atoms with Crippen LogP contribution in [0.15, 0.2) is 40.9 Å². The highest BCUT2D eigenvalue weighted by molar-refractivity contribution is 9.10. The average molecular weight is 385 g/mol. The average Bonchev–Trinajstić information content (AvgIpc) is 3.27. The lowest BCUT2D eigenvalue weighted by molar-refractivity contribution is 0.678. The van der Waals surface area contributed by atoms with E-state index in [9.17, 15) is 0 Å². The van der Waals surface area contributed by atoms with Crippen LogP contribution in [-0.4, -0.2) is 0 Å². The van der Waals surface area contributed by atoms with Crippen LogP contribution >= 0.6 is 39.1 Å². The molecule has 2 aromatic rings. The third-order valence-corrected chi connectivity index (χ3v) is 5.20. The minimum atomic E-state index is 0.303. The Kier molecular flexibility index (Phi) is 4.49. The van der Waals surface area contributed by atoms with Gasteiger partial charge in [-0.15, -0.1) is 0 Å². The van der Waals surface area contributed by atoms with Crippen molar-refractivity contribution in [2.45, 2.75) is 25.8 Å². The number of anilines is 1. The lowest BCUT2D eigenvalue weighted by Gasteiger charge is -2.21. The Morgan fingerprint density at radius 1 is 1.14 bits per heavy atom. The fraction of sp³-hybridized carbons (Fsp3) is 0.294. The second-order valence-corrected chi connectivity index (χ2v) is 7.29. The van der Waals surface area contributed by atoms with Crippen LogP contribution in [0.3, 0.4) is 0 Å². The molecule has 1 N–H and O–H groups in total. The van der Waals surface area contributed by atoms with Gasteiger partial charge in [-0.3, -0.25) is 0 Å². The predicted octanol–water partition coefficient (Wildman–Crippen LogP) is 6.63. The Labute approximate surface area is 143 Å². The molecule has 0 bridgehead atoms. The van der Waals surface area contributed by atoms with Gasteiger partial charge in [-0.2, -0.15) is 0 Å². The van der Waals surface area contributed by atoms with Crippen molar-refractivity contribution in [1.82, 2.24) is 0 Å². The van der Waals surface area contributed by atoms with Gasteiger partial charge in [-0.1, -0.05) is 35.3 Å². The van der Waals surface area contributed by atoms with Gasteiger partial charge in [-0.05, 0) is 77.0 Å². The molecule has 1 aliphatic rings. The fourth-order valence-electron chi connectivity index (χ4n) is 2.50. The highest BCUT2D eigenvalue weighted by atomic mass is 79.9. The minimum absolute atomic E-state index is 0.303. The minimum Gasteiger partial charge on any atom is -0.377 e. The summed E-state index contributed by atoms with van der Waals surface area (Å²) in [6.07, 6.45) is 2.52. The third-order valence-electron chi connectivity index (χ3n) is 3.88. The van der Waals surface area contributed by atoms with Gasteiger partial charge in [-0.25, -0.2) is 0 Å². The summed E-state index contributed by atoms with van der Waals surface area (Å²) in [6, 6.07) is 12.4. The van der Waals surface area contributed by atoms with E-state index in [1.165, 1.54) is 18.4 Å². The zero-order valence-corrected chi connectivity index (χ0v) is 14.8.